The molecule has 2 atom stereocenters. The second-order valence-electron chi connectivity index (χ2n) is 3.92. The summed E-state index contributed by atoms with van der Waals surface area (Å²) < 4.78 is 3.93. The van der Waals surface area contributed by atoms with Gasteiger partial charge in [0.25, 0.3) is 0 Å². The molecule has 1 aliphatic rings. The zero-order chi connectivity index (χ0) is 13.1. The van der Waals surface area contributed by atoms with E-state index in [1.54, 1.807) is 19.1 Å². The van der Waals surface area contributed by atoms with Crippen molar-refractivity contribution in [3.8, 4) is 0 Å². The van der Waals surface area contributed by atoms with Crippen molar-refractivity contribution in [2.45, 2.75) is 19.4 Å². The van der Waals surface area contributed by atoms with Gasteiger partial charge in [0.05, 0.1) is 12.0 Å². The van der Waals surface area contributed by atoms with E-state index in [4.69, 9.17) is 5.11 Å². The highest BCUT2D eigenvalue weighted by Gasteiger charge is 2.25. The Morgan fingerprint density at radius 3 is 2.83 bits per heavy atom. The second-order valence-corrected chi connectivity index (χ2v) is 4.67. The molecule has 1 aromatic heterocycles. The molecule has 0 bridgehead atoms. The van der Waals surface area contributed by atoms with Gasteiger partial charge in [-0.1, -0.05) is 12.2 Å². The Morgan fingerprint density at radius 1 is 1.50 bits per heavy atom. The van der Waals surface area contributed by atoms with Crippen molar-refractivity contribution in [1.29, 1.82) is 0 Å². The maximum atomic E-state index is 11.6. The molecule has 0 aromatic carbocycles. The fraction of sp³-hybridized carbons (Fsp3) is 0.400. The third-order valence-corrected chi connectivity index (χ3v) is 3.19. The van der Waals surface area contributed by atoms with Gasteiger partial charge in [0.15, 0.2) is 0 Å². The molecule has 8 heteroatoms. The standard InChI is InChI=1S/C10H12N4O3S/c1-5-11-10(18-14-5)13-9(17)12-7-3-2-6(4-7)8(15)16/h2-3,6-7H,4H2,1H3,(H,15,16)(H2,11,12,13,14,17). The van der Waals surface area contributed by atoms with Crippen molar-refractivity contribution < 1.29 is 14.7 Å². The molecule has 0 spiro atoms. The van der Waals surface area contributed by atoms with Crippen molar-refractivity contribution in [2.24, 2.45) is 5.92 Å². The van der Waals surface area contributed by atoms with Gasteiger partial charge in [0, 0.05) is 11.5 Å². The Morgan fingerprint density at radius 2 is 2.28 bits per heavy atom. The number of amides is 2. The summed E-state index contributed by atoms with van der Waals surface area (Å²) in [6, 6.07) is -0.674. The van der Waals surface area contributed by atoms with Gasteiger partial charge in [-0.2, -0.15) is 4.37 Å². The smallest absolute Gasteiger partial charge is 0.321 e. The summed E-state index contributed by atoms with van der Waals surface area (Å²) in [5.41, 5.74) is 0. The maximum Gasteiger partial charge on any atom is 0.321 e. The lowest BCUT2D eigenvalue weighted by Gasteiger charge is -2.11. The number of rotatable bonds is 3. The van der Waals surface area contributed by atoms with E-state index in [0.29, 0.717) is 17.4 Å². The summed E-state index contributed by atoms with van der Waals surface area (Å²) in [6.07, 6.45) is 3.64. The van der Waals surface area contributed by atoms with Crippen molar-refractivity contribution in [1.82, 2.24) is 14.7 Å². The van der Waals surface area contributed by atoms with E-state index in [9.17, 15) is 9.59 Å². The predicted molar refractivity (Wildman–Crippen MR) is 65.5 cm³/mol. The molecule has 3 N–H and O–H groups in total. The normalized spacial score (nSPS) is 21.8. The van der Waals surface area contributed by atoms with Crippen LogP contribution in [-0.4, -0.2) is 32.5 Å². The number of nitrogens with one attached hydrogen (secondary N) is 2. The molecule has 0 radical (unpaired) electrons. The van der Waals surface area contributed by atoms with Gasteiger partial charge in [-0.3, -0.25) is 10.1 Å². The Kier molecular flexibility index (Phi) is 3.56. The minimum Gasteiger partial charge on any atom is -0.481 e. The van der Waals surface area contributed by atoms with Crippen LogP contribution in [0.5, 0.6) is 0 Å². The highest BCUT2D eigenvalue weighted by Crippen LogP contribution is 2.18. The Balaban J connectivity index is 1.82. The van der Waals surface area contributed by atoms with Crippen LogP contribution >= 0.6 is 11.5 Å². The molecule has 2 rings (SSSR count). The van der Waals surface area contributed by atoms with E-state index in [1.165, 1.54) is 0 Å². The number of aryl methyl sites for hydroxylation is 1. The average Bonchev–Trinajstić information content (AvgIpc) is 2.88. The molecule has 1 heterocycles. The van der Waals surface area contributed by atoms with Crippen LogP contribution in [0.2, 0.25) is 0 Å². The van der Waals surface area contributed by atoms with Crippen LogP contribution in [0.3, 0.4) is 0 Å². The molecule has 0 fully saturated rings. The fourth-order valence-electron chi connectivity index (χ4n) is 1.64. The Bertz CT molecular complexity index is 499. The van der Waals surface area contributed by atoms with Gasteiger partial charge in [-0.05, 0) is 13.3 Å². The Hall–Kier alpha value is -1.96. The second kappa shape index (κ2) is 5.13. The number of hydrogen-bond donors (Lipinski definition) is 3. The molecule has 0 aliphatic heterocycles. The maximum absolute atomic E-state index is 11.6. The highest BCUT2D eigenvalue weighted by atomic mass is 32.1. The summed E-state index contributed by atoms with van der Waals surface area (Å²) >= 11 is 1.10. The molecule has 1 aliphatic carbocycles. The quantitative estimate of drug-likeness (QED) is 0.709. The van der Waals surface area contributed by atoms with Crippen LogP contribution < -0.4 is 10.6 Å². The van der Waals surface area contributed by atoms with E-state index in [-0.39, 0.29) is 6.04 Å². The number of carbonyl (C=O) groups excluding carboxylic acids is 1. The molecule has 18 heavy (non-hydrogen) atoms. The monoisotopic (exact) mass is 268 g/mol. The lowest BCUT2D eigenvalue weighted by molar-refractivity contribution is -0.140. The lowest BCUT2D eigenvalue weighted by atomic mass is 10.1. The third kappa shape index (κ3) is 3.04. The van der Waals surface area contributed by atoms with Crippen LogP contribution in [0.1, 0.15) is 12.2 Å². The minimum absolute atomic E-state index is 0.264. The molecule has 2 unspecified atom stereocenters. The first kappa shape index (κ1) is 12.5. The summed E-state index contributed by atoms with van der Waals surface area (Å²) in [7, 11) is 0. The first-order valence-electron chi connectivity index (χ1n) is 5.33. The molecule has 0 saturated heterocycles. The summed E-state index contributed by atoms with van der Waals surface area (Å²) in [5.74, 6) is -0.809. The van der Waals surface area contributed by atoms with E-state index < -0.39 is 17.9 Å². The number of urea groups is 1. The number of carbonyl (C=O) groups is 2. The SMILES string of the molecule is Cc1nsc(NC(=O)NC2C=CC(C(=O)O)C2)n1. The molecule has 96 valence electrons. The Labute approximate surface area is 107 Å². The van der Waals surface area contributed by atoms with E-state index in [2.05, 4.69) is 20.0 Å². The zero-order valence-corrected chi connectivity index (χ0v) is 10.4. The largest absolute Gasteiger partial charge is 0.481 e. The zero-order valence-electron chi connectivity index (χ0n) is 9.58. The van der Waals surface area contributed by atoms with Crippen LogP contribution in [0.15, 0.2) is 12.2 Å². The summed E-state index contributed by atoms with van der Waals surface area (Å²) in [5, 5.41) is 14.4. The van der Waals surface area contributed by atoms with Crippen LogP contribution in [0.25, 0.3) is 0 Å². The van der Waals surface area contributed by atoms with Crippen LogP contribution in [-0.2, 0) is 4.79 Å². The number of hydrogen-bond acceptors (Lipinski definition) is 5. The van der Waals surface area contributed by atoms with Gasteiger partial charge in [-0.25, -0.2) is 9.78 Å². The van der Waals surface area contributed by atoms with Crippen LogP contribution in [0, 0.1) is 12.8 Å². The van der Waals surface area contributed by atoms with Crippen molar-refractivity contribution in [2.75, 3.05) is 5.32 Å². The van der Waals surface area contributed by atoms with Gasteiger partial charge < -0.3 is 10.4 Å². The van der Waals surface area contributed by atoms with Gasteiger partial charge in [0.2, 0.25) is 5.13 Å². The topological polar surface area (TPSA) is 104 Å². The van der Waals surface area contributed by atoms with E-state index in [1.807, 2.05) is 0 Å². The molecule has 1 aromatic rings. The summed E-state index contributed by atoms with van der Waals surface area (Å²) in [6.45, 7) is 1.73. The lowest BCUT2D eigenvalue weighted by Crippen LogP contribution is -2.36. The fourth-order valence-corrected chi connectivity index (χ4v) is 2.21. The number of aromatic nitrogens is 2. The van der Waals surface area contributed by atoms with Crippen molar-refractivity contribution in [3.05, 3.63) is 18.0 Å². The van der Waals surface area contributed by atoms with Gasteiger partial charge >= 0.3 is 12.0 Å². The number of aliphatic carboxylic acids is 1. The first-order valence-corrected chi connectivity index (χ1v) is 6.11. The number of carboxylic acids is 1. The molecular weight excluding hydrogens is 256 g/mol. The number of anilines is 1. The van der Waals surface area contributed by atoms with Crippen molar-refractivity contribution in [3.63, 3.8) is 0 Å². The van der Waals surface area contributed by atoms with Gasteiger partial charge in [-0.15, -0.1) is 0 Å². The minimum atomic E-state index is -0.879. The molecule has 2 amide bonds. The predicted octanol–water partition coefficient (Wildman–Crippen LogP) is 0.997. The molecule has 0 saturated carbocycles. The van der Waals surface area contributed by atoms with Crippen LogP contribution in [0.4, 0.5) is 9.93 Å². The first-order chi connectivity index (χ1) is 8.54. The summed E-state index contributed by atoms with van der Waals surface area (Å²) in [4.78, 5) is 26.3. The molecular formula is C10H12N4O3S. The molecule has 7 nitrogen and oxygen atoms in total. The van der Waals surface area contributed by atoms with Gasteiger partial charge in [0.1, 0.15) is 5.82 Å². The van der Waals surface area contributed by atoms with E-state index in [0.717, 1.165) is 11.5 Å². The third-order valence-electron chi connectivity index (χ3n) is 2.47. The van der Waals surface area contributed by atoms with E-state index >= 15 is 0 Å². The van der Waals surface area contributed by atoms with Crippen molar-refractivity contribution >= 4 is 28.7 Å². The number of nitrogens with zero attached hydrogens (tertiary/aromatic N) is 2. The average molecular weight is 268 g/mol. The highest BCUT2D eigenvalue weighted by molar-refractivity contribution is 7.09. The number of carboxylic acid groups (broad SMARTS) is 1.